The van der Waals surface area contributed by atoms with Gasteiger partial charge in [0.1, 0.15) is 0 Å². The molecule has 0 aliphatic heterocycles. The van der Waals surface area contributed by atoms with Gasteiger partial charge in [-0.1, -0.05) is 13.2 Å². The van der Waals surface area contributed by atoms with Crippen LogP contribution in [-0.2, 0) is 53.2 Å². The predicted octanol–water partition coefficient (Wildman–Crippen LogP) is 3.86. The molecule has 0 saturated heterocycles. The second kappa shape index (κ2) is 16.0. The fourth-order valence-electron chi connectivity index (χ4n) is 3.62. The first-order chi connectivity index (χ1) is 17.7. The van der Waals surface area contributed by atoms with E-state index in [0.29, 0.717) is 11.1 Å². The minimum absolute atomic E-state index is 0.0532. The van der Waals surface area contributed by atoms with Crippen LogP contribution < -0.4 is 0 Å². The molecule has 0 aromatic carbocycles. The lowest BCUT2D eigenvalue weighted by Crippen LogP contribution is -2.61. The molecule has 0 spiro atoms. The van der Waals surface area contributed by atoms with Crippen molar-refractivity contribution in [3.63, 3.8) is 0 Å². The minimum atomic E-state index is -3.23. The Morgan fingerprint density at radius 1 is 0.538 bits per heavy atom. The Hall–Kier alpha value is -0.816. The Balaban J connectivity index is 5.45. The second-order valence-corrected chi connectivity index (χ2v) is 27.2. The van der Waals surface area contributed by atoms with Gasteiger partial charge in [-0.05, 0) is 53.1 Å². The first-order valence-corrected chi connectivity index (χ1v) is 24.7. The molecule has 12 nitrogen and oxygen atoms in total. The largest absolute Gasteiger partial charge is 0.494 e. The number of carbonyl (C=O) groups excluding carboxylic acids is 2. The second-order valence-electron chi connectivity index (χ2n) is 10.1. The number of hydrogen-bond acceptors (Lipinski definition) is 12. The van der Waals surface area contributed by atoms with E-state index in [4.69, 9.17) is 43.6 Å². The van der Waals surface area contributed by atoms with Crippen LogP contribution in [0.4, 0.5) is 0 Å². The molecule has 0 aliphatic rings. The van der Waals surface area contributed by atoms with Crippen molar-refractivity contribution in [3.8, 4) is 0 Å². The van der Waals surface area contributed by atoms with Gasteiger partial charge >= 0.3 is 55.2 Å². The van der Waals surface area contributed by atoms with Crippen LogP contribution in [0.5, 0.6) is 0 Å². The average Bonchev–Trinajstić information content (AvgIpc) is 2.80. The minimum Gasteiger partial charge on any atom is -0.462 e. The average molecular weight is 645 g/mol. The van der Waals surface area contributed by atoms with E-state index in [1.54, 1.807) is 13.8 Å². The molecule has 0 aromatic heterocycles. The van der Waals surface area contributed by atoms with E-state index in [2.05, 4.69) is 13.2 Å². The summed E-state index contributed by atoms with van der Waals surface area (Å²) in [5.41, 5.74) is 0.605. The molecule has 0 unspecified atom stereocenters. The van der Waals surface area contributed by atoms with Crippen molar-refractivity contribution in [1.29, 1.82) is 0 Å². The quantitative estimate of drug-likeness (QED) is 0.109. The van der Waals surface area contributed by atoms with Gasteiger partial charge in [-0.25, -0.2) is 9.59 Å². The molecule has 0 rings (SSSR count). The lowest BCUT2D eigenvalue weighted by atomic mass is 10.4. The van der Waals surface area contributed by atoms with E-state index in [1.807, 2.05) is 39.3 Å². The molecule has 0 atom stereocenters. The third kappa shape index (κ3) is 14.1. The Morgan fingerprint density at radius 2 is 0.795 bits per heavy atom. The van der Waals surface area contributed by atoms with E-state index >= 15 is 0 Å². The summed E-state index contributed by atoms with van der Waals surface area (Å²) in [6.07, 6.45) is 0. The predicted molar refractivity (Wildman–Crippen MR) is 157 cm³/mol. The molecular formula is C22H48O12Si5. The van der Waals surface area contributed by atoms with Gasteiger partial charge in [-0.3, -0.25) is 0 Å². The Kier molecular flexibility index (Phi) is 15.7. The SMILES string of the molecule is C=C(C)C(=O)OCC[Si](OC)(OC)O[Si](C)(C)O[Si](C)(C)O[Si](C)(C)O[Si](CCOC(=O)C(=C)C)(OC)OC. The molecule has 0 bridgehead atoms. The van der Waals surface area contributed by atoms with E-state index < -0.39 is 55.2 Å². The van der Waals surface area contributed by atoms with Crippen molar-refractivity contribution in [2.24, 2.45) is 0 Å². The van der Waals surface area contributed by atoms with Gasteiger partial charge in [0.2, 0.25) is 0 Å². The summed E-state index contributed by atoms with van der Waals surface area (Å²) in [6, 6.07) is 0.494. The fraction of sp³-hybridized carbons (Fsp3) is 0.727. The highest BCUT2D eigenvalue weighted by Gasteiger charge is 2.52. The van der Waals surface area contributed by atoms with Crippen LogP contribution in [0.2, 0.25) is 51.4 Å². The first-order valence-electron chi connectivity index (χ1n) is 12.4. The number of esters is 2. The van der Waals surface area contributed by atoms with Crippen molar-refractivity contribution >= 4 is 55.2 Å². The van der Waals surface area contributed by atoms with Gasteiger partial charge < -0.3 is 43.6 Å². The molecule has 0 saturated carbocycles. The van der Waals surface area contributed by atoms with Crippen LogP contribution in [-0.4, -0.2) is 96.9 Å². The van der Waals surface area contributed by atoms with Gasteiger partial charge in [0, 0.05) is 39.6 Å². The molecule has 39 heavy (non-hydrogen) atoms. The lowest BCUT2D eigenvalue weighted by Gasteiger charge is -2.42. The highest BCUT2D eigenvalue weighted by atomic mass is 28.5. The normalized spacial score (nSPS) is 13.2. The Labute approximate surface area is 239 Å². The maximum atomic E-state index is 11.8. The summed E-state index contributed by atoms with van der Waals surface area (Å²) in [7, 11) is -9.10. The summed E-state index contributed by atoms with van der Waals surface area (Å²) in [4.78, 5) is 23.5. The van der Waals surface area contributed by atoms with Gasteiger partial charge in [-0.15, -0.1) is 0 Å². The molecule has 0 fully saturated rings. The number of ether oxygens (including phenoxy) is 2. The van der Waals surface area contributed by atoms with Crippen LogP contribution in [0.25, 0.3) is 0 Å². The lowest BCUT2D eigenvalue weighted by molar-refractivity contribution is -0.139. The summed E-state index contributed by atoms with van der Waals surface area (Å²) in [6.45, 7) is 21.7. The van der Waals surface area contributed by atoms with Crippen LogP contribution >= 0.6 is 0 Å². The van der Waals surface area contributed by atoms with E-state index in [0.717, 1.165) is 0 Å². The van der Waals surface area contributed by atoms with E-state index in [-0.39, 0.29) is 25.3 Å². The van der Waals surface area contributed by atoms with Crippen molar-refractivity contribution < 1.29 is 53.2 Å². The van der Waals surface area contributed by atoms with Crippen LogP contribution in [0.3, 0.4) is 0 Å². The van der Waals surface area contributed by atoms with Crippen LogP contribution in [0, 0.1) is 0 Å². The zero-order chi connectivity index (χ0) is 30.7. The topological polar surface area (TPSA) is 126 Å². The smallest absolute Gasteiger partial charge is 0.462 e. The maximum Gasteiger partial charge on any atom is 0.494 e. The standard InChI is InChI=1S/C22H48O12Si5/c1-19(2)21(23)29-15-17-38(25-5,26-6)33-36(11,12)31-35(9,10)32-37(13,14)34-39(27-7,28-8)18-16-30-22(24)20(3)4/h1,3,15-18H2,2,4-14H3. The molecule has 0 heterocycles. The van der Waals surface area contributed by atoms with E-state index in [9.17, 15) is 9.59 Å². The number of rotatable bonds is 20. The molecule has 0 N–H and O–H groups in total. The van der Waals surface area contributed by atoms with Gasteiger partial charge in [0.05, 0.1) is 25.3 Å². The first kappa shape index (κ1) is 38.2. The van der Waals surface area contributed by atoms with Crippen molar-refractivity contribution in [3.05, 3.63) is 24.3 Å². The highest BCUT2D eigenvalue weighted by Crippen LogP contribution is 2.28. The van der Waals surface area contributed by atoms with Gasteiger partial charge in [0.25, 0.3) is 0 Å². The maximum absolute atomic E-state index is 11.8. The third-order valence-corrected chi connectivity index (χ3v) is 23.4. The van der Waals surface area contributed by atoms with Gasteiger partial charge in [-0.2, -0.15) is 0 Å². The summed E-state index contributed by atoms with van der Waals surface area (Å²) in [5, 5.41) is 0. The van der Waals surface area contributed by atoms with E-state index in [1.165, 1.54) is 28.4 Å². The van der Waals surface area contributed by atoms with Crippen molar-refractivity contribution in [2.45, 2.75) is 65.2 Å². The Bertz CT molecular complexity index is 775. The molecule has 228 valence electrons. The number of carbonyl (C=O) groups is 2. The molecular weight excluding hydrogens is 597 g/mol. The zero-order valence-corrected chi connectivity index (χ0v) is 30.6. The van der Waals surface area contributed by atoms with Crippen LogP contribution in [0.1, 0.15) is 13.8 Å². The van der Waals surface area contributed by atoms with Crippen molar-refractivity contribution in [1.82, 2.24) is 0 Å². The molecule has 0 aliphatic carbocycles. The monoisotopic (exact) mass is 644 g/mol. The number of hydrogen-bond donors (Lipinski definition) is 0. The molecule has 17 heteroatoms. The molecule has 0 radical (unpaired) electrons. The highest BCUT2D eigenvalue weighted by molar-refractivity contribution is 6.88. The summed E-state index contributed by atoms with van der Waals surface area (Å²) in [5.74, 6) is -0.986. The zero-order valence-electron chi connectivity index (χ0n) is 25.6. The van der Waals surface area contributed by atoms with Gasteiger partial charge in [0.15, 0.2) is 0 Å². The summed E-state index contributed by atoms with van der Waals surface area (Å²) < 4.78 is 58.9. The van der Waals surface area contributed by atoms with Crippen LogP contribution in [0.15, 0.2) is 24.3 Å². The third-order valence-electron chi connectivity index (χ3n) is 5.01. The van der Waals surface area contributed by atoms with Crippen molar-refractivity contribution in [2.75, 3.05) is 41.7 Å². The molecule has 0 aromatic rings. The summed E-state index contributed by atoms with van der Waals surface area (Å²) >= 11 is 0. The fourth-order valence-corrected chi connectivity index (χ4v) is 24.7. The molecule has 0 amide bonds. The Morgan fingerprint density at radius 3 is 1.03 bits per heavy atom.